The topological polar surface area (TPSA) is 55.8 Å². The predicted molar refractivity (Wildman–Crippen MR) is 79.9 cm³/mol. The van der Waals surface area contributed by atoms with E-state index < -0.39 is 11.8 Å². The second-order valence-corrected chi connectivity index (χ2v) is 4.74. The van der Waals surface area contributed by atoms with Gasteiger partial charge in [-0.1, -0.05) is 19.4 Å². The highest BCUT2D eigenvalue weighted by molar-refractivity contribution is 5.92. The van der Waals surface area contributed by atoms with Gasteiger partial charge in [0, 0.05) is 11.6 Å². The largest absolute Gasteiger partial charge is 0.508 e. The van der Waals surface area contributed by atoms with Crippen LogP contribution in [0.1, 0.15) is 29.3 Å². The first-order valence-electron chi connectivity index (χ1n) is 6.93. The van der Waals surface area contributed by atoms with Crippen LogP contribution in [0.25, 0.3) is 0 Å². The van der Waals surface area contributed by atoms with Crippen molar-refractivity contribution < 1.29 is 23.8 Å². The lowest BCUT2D eigenvalue weighted by molar-refractivity contribution is 0.0598. The van der Waals surface area contributed by atoms with Crippen molar-refractivity contribution in [3.8, 4) is 17.2 Å². The van der Waals surface area contributed by atoms with Crippen LogP contribution in [0.3, 0.4) is 0 Å². The molecular weight excluding hydrogens is 287 g/mol. The van der Waals surface area contributed by atoms with Crippen LogP contribution < -0.4 is 4.74 Å². The number of esters is 1. The molecule has 0 fully saturated rings. The summed E-state index contributed by atoms with van der Waals surface area (Å²) in [6.07, 6.45) is 1.41. The molecule has 0 aromatic heterocycles. The number of carbonyl (C=O) groups excluding carboxylic acids is 1. The zero-order chi connectivity index (χ0) is 16.1. The van der Waals surface area contributed by atoms with Crippen molar-refractivity contribution in [2.24, 2.45) is 0 Å². The molecule has 0 heterocycles. The van der Waals surface area contributed by atoms with E-state index in [0.29, 0.717) is 17.7 Å². The molecule has 4 nitrogen and oxygen atoms in total. The third-order valence-corrected chi connectivity index (χ3v) is 3.18. The molecule has 0 unspecified atom stereocenters. The van der Waals surface area contributed by atoms with Crippen molar-refractivity contribution in [1.29, 1.82) is 0 Å². The Hall–Kier alpha value is -2.56. The molecule has 0 radical (unpaired) electrons. The normalized spacial score (nSPS) is 10.3. The van der Waals surface area contributed by atoms with E-state index in [1.165, 1.54) is 13.2 Å². The number of methoxy groups -OCH3 is 1. The van der Waals surface area contributed by atoms with Crippen molar-refractivity contribution in [3.63, 3.8) is 0 Å². The van der Waals surface area contributed by atoms with Gasteiger partial charge in [-0.15, -0.1) is 0 Å². The van der Waals surface area contributed by atoms with E-state index in [2.05, 4.69) is 4.74 Å². The average Bonchev–Trinajstić information content (AvgIpc) is 2.50. The fraction of sp³-hybridized carbons (Fsp3) is 0.235. The summed E-state index contributed by atoms with van der Waals surface area (Å²) in [4.78, 5) is 11.7. The smallest absolute Gasteiger partial charge is 0.341 e. The number of phenolic OH excluding ortho intramolecular Hbond substituents is 1. The molecule has 2 aromatic carbocycles. The molecule has 0 aliphatic rings. The number of ether oxygens (including phenoxy) is 2. The van der Waals surface area contributed by atoms with Crippen LogP contribution >= 0.6 is 0 Å². The minimum Gasteiger partial charge on any atom is -0.508 e. The van der Waals surface area contributed by atoms with Crippen molar-refractivity contribution >= 4 is 5.97 Å². The lowest BCUT2D eigenvalue weighted by Gasteiger charge is -2.14. The summed E-state index contributed by atoms with van der Waals surface area (Å²) >= 11 is 0. The van der Waals surface area contributed by atoms with Crippen LogP contribution in [-0.2, 0) is 11.2 Å². The standard InChI is InChI=1S/C17H17FO4/c1-3-5-12-14(19)6-4-7-15(12)22-16-10-11(18)8-9-13(16)17(20)21-2/h4,6-10,19H,3,5H2,1-2H3. The lowest BCUT2D eigenvalue weighted by Crippen LogP contribution is -2.04. The third kappa shape index (κ3) is 3.36. The van der Waals surface area contributed by atoms with Gasteiger partial charge < -0.3 is 14.6 Å². The number of rotatable bonds is 5. The Labute approximate surface area is 128 Å². The molecule has 2 rings (SSSR count). The molecule has 0 aliphatic heterocycles. The van der Waals surface area contributed by atoms with Gasteiger partial charge in [0.1, 0.15) is 28.6 Å². The minimum absolute atomic E-state index is 0.0507. The lowest BCUT2D eigenvalue weighted by atomic mass is 10.1. The molecule has 0 bridgehead atoms. The molecular formula is C17H17FO4. The Bertz CT molecular complexity index is 682. The highest BCUT2D eigenvalue weighted by Crippen LogP contribution is 2.34. The van der Waals surface area contributed by atoms with Gasteiger partial charge in [0.05, 0.1) is 7.11 Å². The molecule has 0 spiro atoms. The van der Waals surface area contributed by atoms with Gasteiger partial charge in [0.15, 0.2) is 0 Å². The molecule has 22 heavy (non-hydrogen) atoms. The van der Waals surface area contributed by atoms with Crippen LogP contribution in [0.15, 0.2) is 36.4 Å². The van der Waals surface area contributed by atoms with Crippen LogP contribution in [0.4, 0.5) is 4.39 Å². The molecule has 1 N–H and O–H groups in total. The molecule has 0 saturated carbocycles. The summed E-state index contributed by atoms with van der Waals surface area (Å²) in [6, 6.07) is 8.43. The summed E-state index contributed by atoms with van der Waals surface area (Å²) < 4.78 is 23.8. The number of benzene rings is 2. The minimum atomic E-state index is -0.618. The molecule has 116 valence electrons. The number of halogens is 1. The zero-order valence-corrected chi connectivity index (χ0v) is 12.4. The maximum atomic E-state index is 13.5. The van der Waals surface area contributed by atoms with Gasteiger partial charge >= 0.3 is 5.97 Å². The monoisotopic (exact) mass is 304 g/mol. The molecule has 0 aliphatic carbocycles. The summed E-state index contributed by atoms with van der Waals surface area (Å²) in [5, 5.41) is 9.93. The number of phenols is 1. The van der Waals surface area contributed by atoms with E-state index in [4.69, 9.17) is 4.74 Å². The zero-order valence-electron chi connectivity index (χ0n) is 12.4. The van der Waals surface area contributed by atoms with Crippen molar-refractivity contribution in [2.45, 2.75) is 19.8 Å². The summed E-state index contributed by atoms with van der Waals surface area (Å²) in [6.45, 7) is 1.97. The number of aromatic hydroxyl groups is 1. The third-order valence-electron chi connectivity index (χ3n) is 3.18. The van der Waals surface area contributed by atoms with Crippen LogP contribution in [-0.4, -0.2) is 18.2 Å². The van der Waals surface area contributed by atoms with Crippen LogP contribution in [0.5, 0.6) is 17.2 Å². The number of hydrogen-bond donors (Lipinski definition) is 1. The summed E-state index contributed by atoms with van der Waals surface area (Å²) in [5.41, 5.74) is 0.736. The Kier molecular flexibility index (Phi) is 4.99. The van der Waals surface area contributed by atoms with Gasteiger partial charge in [-0.2, -0.15) is 0 Å². The summed E-state index contributed by atoms with van der Waals surface area (Å²) in [7, 11) is 1.24. The van der Waals surface area contributed by atoms with Crippen molar-refractivity contribution in [3.05, 3.63) is 53.3 Å². The van der Waals surface area contributed by atoms with Crippen molar-refractivity contribution in [1.82, 2.24) is 0 Å². The van der Waals surface area contributed by atoms with E-state index in [1.807, 2.05) is 6.92 Å². The molecule has 0 atom stereocenters. The van der Waals surface area contributed by atoms with E-state index in [0.717, 1.165) is 18.6 Å². The second kappa shape index (κ2) is 6.93. The van der Waals surface area contributed by atoms with Crippen molar-refractivity contribution in [2.75, 3.05) is 7.11 Å². The van der Waals surface area contributed by atoms with E-state index in [-0.39, 0.29) is 17.1 Å². The first-order valence-corrected chi connectivity index (χ1v) is 6.93. The first kappa shape index (κ1) is 15.8. The molecule has 0 saturated heterocycles. The quantitative estimate of drug-likeness (QED) is 0.846. The summed E-state index contributed by atoms with van der Waals surface area (Å²) in [5.74, 6) is -0.602. The SMILES string of the molecule is CCCc1c(O)cccc1Oc1cc(F)ccc1C(=O)OC. The Morgan fingerprint density at radius 1 is 1.23 bits per heavy atom. The Morgan fingerprint density at radius 3 is 2.68 bits per heavy atom. The van der Waals surface area contributed by atoms with E-state index in [1.54, 1.807) is 18.2 Å². The number of hydrogen-bond acceptors (Lipinski definition) is 4. The van der Waals surface area contributed by atoms with E-state index in [9.17, 15) is 14.3 Å². The predicted octanol–water partition coefficient (Wildman–Crippen LogP) is 4.06. The molecule has 2 aromatic rings. The maximum Gasteiger partial charge on any atom is 0.341 e. The maximum absolute atomic E-state index is 13.5. The van der Waals surface area contributed by atoms with Gasteiger partial charge in [-0.3, -0.25) is 0 Å². The van der Waals surface area contributed by atoms with Gasteiger partial charge in [-0.05, 0) is 30.7 Å². The fourth-order valence-corrected chi connectivity index (χ4v) is 2.13. The highest BCUT2D eigenvalue weighted by Gasteiger charge is 2.17. The van der Waals surface area contributed by atoms with Crippen LogP contribution in [0.2, 0.25) is 0 Å². The highest BCUT2D eigenvalue weighted by atomic mass is 19.1. The number of carbonyl (C=O) groups is 1. The van der Waals surface area contributed by atoms with Crippen LogP contribution in [0, 0.1) is 5.82 Å². The Morgan fingerprint density at radius 2 is 2.00 bits per heavy atom. The van der Waals surface area contributed by atoms with Gasteiger partial charge in [-0.25, -0.2) is 9.18 Å². The second-order valence-electron chi connectivity index (χ2n) is 4.74. The van der Waals surface area contributed by atoms with Gasteiger partial charge in [0.25, 0.3) is 0 Å². The fourth-order valence-electron chi connectivity index (χ4n) is 2.13. The first-order chi connectivity index (χ1) is 10.6. The van der Waals surface area contributed by atoms with Gasteiger partial charge in [0.2, 0.25) is 0 Å². The van der Waals surface area contributed by atoms with E-state index >= 15 is 0 Å². The average molecular weight is 304 g/mol. The Balaban J connectivity index is 2.45. The molecule has 5 heteroatoms. The molecule has 0 amide bonds.